The van der Waals surface area contributed by atoms with Crippen LogP contribution in [0.3, 0.4) is 0 Å². The van der Waals surface area contributed by atoms with E-state index in [1.54, 1.807) is 7.05 Å². The largest absolute Gasteiger partial charge is 0.394 e. The van der Waals surface area contributed by atoms with Crippen molar-refractivity contribution in [3.05, 3.63) is 28.2 Å². The highest BCUT2D eigenvalue weighted by Gasteiger charge is 2.29. The lowest BCUT2D eigenvalue weighted by Gasteiger charge is -2.25. The highest BCUT2D eigenvalue weighted by atomic mass is 19.1. The molecular formula is C12H21FN4O7. The highest BCUT2D eigenvalue weighted by molar-refractivity contribution is 5.90. The van der Waals surface area contributed by atoms with Crippen LogP contribution in [0.5, 0.6) is 0 Å². The molecule has 0 aliphatic heterocycles. The lowest BCUT2D eigenvalue weighted by Crippen LogP contribution is -2.48. The van der Waals surface area contributed by atoms with Gasteiger partial charge in [-0.15, -0.1) is 0 Å². The fourth-order valence-corrected chi connectivity index (χ4v) is 1.44. The fourth-order valence-electron chi connectivity index (χ4n) is 1.44. The quantitative estimate of drug-likeness (QED) is 0.238. The summed E-state index contributed by atoms with van der Waals surface area (Å²) in [5.74, 6) is -2.00. The molecule has 0 aliphatic rings. The summed E-state index contributed by atoms with van der Waals surface area (Å²) in [5.41, 5.74) is 3.28. The summed E-state index contributed by atoms with van der Waals surface area (Å²) in [7, 11) is 1.57. The number of aromatic nitrogens is 2. The molecular weight excluding hydrogens is 331 g/mol. The minimum Gasteiger partial charge on any atom is -0.394 e. The van der Waals surface area contributed by atoms with E-state index in [0.717, 1.165) is 6.20 Å². The van der Waals surface area contributed by atoms with Crippen LogP contribution in [-0.4, -0.2) is 86.0 Å². The van der Waals surface area contributed by atoms with Crippen LogP contribution in [0.4, 0.5) is 4.39 Å². The smallest absolute Gasteiger partial charge is 0.279 e. The number of carbonyl (C=O) groups excluding carboxylic acids is 1. The van der Waals surface area contributed by atoms with Crippen molar-refractivity contribution < 1.29 is 34.7 Å². The van der Waals surface area contributed by atoms with Gasteiger partial charge in [-0.25, -0.2) is 4.98 Å². The minimum atomic E-state index is -1.55. The number of carbonyl (C=O) groups is 1. The third-order valence-electron chi connectivity index (χ3n) is 2.73. The zero-order valence-electron chi connectivity index (χ0n) is 12.8. The van der Waals surface area contributed by atoms with Gasteiger partial charge in [0, 0.05) is 6.54 Å². The maximum atomic E-state index is 12.2. The Bertz CT molecular complexity index is 571. The summed E-state index contributed by atoms with van der Waals surface area (Å²) in [6, 6.07) is 0. The number of aliphatic hydroxyl groups excluding tert-OH is 5. The first-order valence-corrected chi connectivity index (χ1v) is 6.68. The molecule has 1 heterocycles. The van der Waals surface area contributed by atoms with Crippen molar-refractivity contribution in [3.63, 3.8) is 0 Å². The molecule has 0 fully saturated rings. The van der Waals surface area contributed by atoms with Crippen LogP contribution in [-0.2, 0) is 0 Å². The van der Waals surface area contributed by atoms with Crippen LogP contribution in [0.25, 0.3) is 0 Å². The summed E-state index contributed by atoms with van der Waals surface area (Å²) in [5, 5.41) is 47.5. The molecule has 138 valence electrons. The number of hydrogen-bond donors (Lipinski definition) is 8. The number of hydrogen-bond acceptors (Lipinski definition) is 9. The van der Waals surface area contributed by atoms with Gasteiger partial charge in [0.15, 0.2) is 5.69 Å². The molecule has 0 radical (unpaired) electrons. The van der Waals surface area contributed by atoms with Crippen molar-refractivity contribution in [2.75, 3.05) is 20.2 Å². The van der Waals surface area contributed by atoms with E-state index < -0.39 is 54.1 Å². The second-order valence-electron chi connectivity index (χ2n) is 4.62. The summed E-state index contributed by atoms with van der Waals surface area (Å²) < 4.78 is 12.2. The molecule has 12 heteroatoms. The predicted molar refractivity (Wildman–Crippen MR) is 78.4 cm³/mol. The molecule has 0 saturated carbocycles. The number of nitrogens with two attached hydrogens (primary N) is 1. The number of aliphatic hydroxyl groups is 5. The van der Waals surface area contributed by atoms with Crippen molar-refractivity contribution in [2.24, 2.45) is 5.73 Å². The molecule has 0 aliphatic carbocycles. The minimum absolute atomic E-state index is 0.0936. The highest BCUT2D eigenvalue weighted by Crippen LogP contribution is 2.04. The molecule has 0 spiro atoms. The molecule has 9 N–H and O–H groups in total. The maximum Gasteiger partial charge on any atom is 0.279 e. The van der Waals surface area contributed by atoms with Crippen LogP contribution in [0.2, 0.25) is 0 Å². The summed E-state index contributed by atoms with van der Waals surface area (Å²) in [4.78, 5) is 25.9. The Morgan fingerprint density at radius 3 is 2.29 bits per heavy atom. The standard InChI is InChI=1S/C7H17NO5.C5H4FN3O2/c1-8-2-4(10)6(12)7(13)5(11)3-9;6-2-1-8-5(11)3(9-2)4(7)10/h4-13H,2-3H2,1H3;1H,(H2,7,10)(H,8,11)/t4-,5+,6+,7+;/m0./s1. The van der Waals surface area contributed by atoms with Crippen LogP contribution in [0.1, 0.15) is 10.5 Å². The van der Waals surface area contributed by atoms with Gasteiger partial charge >= 0.3 is 0 Å². The fraction of sp³-hybridized carbons (Fsp3) is 0.583. The molecule has 4 atom stereocenters. The average Bonchev–Trinajstić information content (AvgIpc) is 2.55. The second-order valence-corrected chi connectivity index (χ2v) is 4.62. The zero-order valence-corrected chi connectivity index (χ0v) is 12.8. The molecule has 1 aromatic heterocycles. The van der Waals surface area contributed by atoms with Crippen LogP contribution in [0, 0.1) is 5.95 Å². The number of nitrogens with one attached hydrogen (secondary N) is 2. The van der Waals surface area contributed by atoms with Gasteiger partial charge in [0.1, 0.15) is 18.3 Å². The lowest BCUT2D eigenvalue weighted by atomic mass is 10.0. The molecule has 0 aromatic carbocycles. The topological polar surface area (TPSA) is 202 Å². The Labute approximate surface area is 135 Å². The number of nitrogens with zero attached hydrogens (tertiary/aromatic N) is 1. The summed E-state index contributed by atoms with van der Waals surface area (Å²) in [6.45, 7) is -0.569. The molecule has 1 aromatic rings. The number of rotatable bonds is 7. The second kappa shape index (κ2) is 10.7. The predicted octanol–water partition coefficient (Wildman–Crippen LogP) is -4.35. The average molecular weight is 352 g/mol. The number of aromatic amines is 1. The van der Waals surface area contributed by atoms with Gasteiger partial charge in [0.2, 0.25) is 5.95 Å². The Morgan fingerprint density at radius 1 is 1.33 bits per heavy atom. The molecule has 0 unspecified atom stereocenters. The van der Waals surface area contributed by atoms with Gasteiger partial charge < -0.3 is 41.6 Å². The van der Waals surface area contributed by atoms with E-state index in [9.17, 15) is 19.1 Å². The Kier molecular flexibility index (Phi) is 9.87. The van der Waals surface area contributed by atoms with Crippen molar-refractivity contribution in [3.8, 4) is 0 Å². The van der Waals surface area contributed by atoms with Crippen molar-refractivity contribution >= 4 is 5.91 Å². The first-order valence-electron chi connectivity index (χ1n) is 6.68. The molecule has 0 bridgehead atoms. The van der Waals surface area contributed by atoms with E-state index >= 15 is 0 Å². The van der Waals surface area contributed by atoms with E-state index in [1.165, 1.54) is 0 Å². The van der Waals surface area contributed by atoms with Gasteiger partial charge in [0.25, 0.3) is 11.5 Å². The van der Waals surface area contributed by atoms with E-state index in [0.29, 0.717) is 0 Å². The molecule has 0 saturated heterocycles. The van der Waals surface area contributed by atoms with Crippen LogP contribution >= 0.6 is 0 Å². The van der Waals surface area contributed by atoms with E-state index in [4.69, 9.17) is 26.2 Å². The van der Waals surface area contributed by atoms with Gasteiger partial charge in [-0.3, -0.25) is 9.59 Å². The van der Waals surface area contributed by atoms with Crippen molar-refractivity contribution in [1.29, 1.82) is 0 Å². The summed E-state index contributed by atoms with van der Waals surface area (Å²) >= 11 is 0. The first kappa shape index (κ1) is 22.0. The summed E-state index contributed by atoms with van der Waals surface area (Å²) in [6.07, 6.45) is -4.90. The van der Waals surface area contributed by atoms with Crippen LogP contribution < -0.4 is 16.6 Å². The van der Waals surface area contributed by atoms with E-state index in [2.05, 4.69) is 10.3 Å². The number of H-pyrrole nitrogens is 1. The monoisotopic (exact) mass is 352 g/mol. The molecule has 11 nitrogen and oxygen atoms in total. The lowest BCUT2D eigenvalue weighted by molar-refractivity contribution is -0.113. The van der Waals surface area contributed by atoms with Gasteiger partial charge in [-0.2, -0.15) is 4.39 Å². The van der Waals surface area contributed by atoms with Gasteiger partial charge in [-0.1, -0.05) is 0 Å². The van der Waals surface area contributed by atoms with Gasteiger partial charge in [-0.05, 0) is 7.05 Å². The zero-order chi connectivity index (χ0) is 18.9. The van der Waals surface area contributed by atoms with Crippen molar-refractivity contribution in [2.45, 2.75) is 24.4 Å². The number of primary amides is 1. The SMILES string of the molecule is CNC[C@H](O)[C@@H](O)[C@H](O)[C@H](O)CO.NC(=O)c1nc(F)c[nH]c1=O. The number of amides is 1. The number of likely N-dealkylation sites (N-methyl/N-ethyl adjacent to an activating group) is 1. The first-order chi connectivity index (χ1) is 11.1. The molecule has 1 amide bonds. The molecule has 1 rings (SSSR count). The van der Waals surface area contributed by atoms with Crippen LogP contribution in [0.15, 0.2) is 11.0 Å². The Morgan fingerprint density at radius 2 is 1.88 bits per heavy atom. The van der Waals surface area contributed by atoms with Gasteiger partial charge in [0.05, 0.1) is 18.9 Å². The number of halogens is 1. The Balaban J connectivity index is 0.000000446. The normalized spacial score (nSPS) is 15.6. The van der Waals surface area contributed by atoms with Crippen molar-refractivity contribution in [1.82, 2.24) is 15.3 Å². The third kappa shape index (κ3) is 7.08. The Hall–Kier alpha value is -1.96. The maximum absolute atomic E-state index is 12.2. The van der Waals surface area contributed by atoms with E-state index in [1.807, 2.05) is 4.98 Å². The van der Waals surface area contributed by atoms with E-state index in [-0.39, 0.29) is 6.54 Å². The molecule has 24 heavy (non-hydrogen) atoms. The third-order valence-corrected chi connectivity index (χ3v) is 2.73.